The van der Waals surface area contributed by atoms with Crippen molar-refractivity contribution in [2.45, 2.75) is 19.5 Å². The molecule has 1 N–H and O–H groups in total. The summed E-state index contributed by atoms with van der Waals surface area (Å²) in [6, 6.07) is 13.8. The van der Waals surface area contributed by atoms with Gasteiger partial charge < -0.3 is 5.32 Å². The normalized spacial score (nSPS) is 11.8. The maximum Gasteiger partial charge on any atom is 0.241 e. The van der Waals surface area contributed by atoms with E-state index in [1.807, 2.05) is 31.0 Å². The predicted molar refractivity (Wildman–Crippen MR) is 97.2 cm³/mol. The van der Waals surface area contributed by atoms with Crippen LogP contribution in [0.3, 0.4) is 0 Å². The number of carbonyl (C=O) groups is 1. The zero-order chi connectivity index (χ0) is 17.7. The van der Waals surface area contributed by atoms with Crippen molar-refractivity contribution in [3.05, 3.63) is 63.6 Å². The average molecular weight is 362 g/mol. The monoisotopic (exact) mass is 361 g/mol. The fourth-order valence-corrected chi connectivity index (χ4v) is 2.64. The molecule has 6 heteroatoms. The molecule has 0 radical (unpaired) electrons. The summed E-state index contributed by atoms with van der Waals surface area (Å²) in [6.45, 7) is 2.33. The number of nitriles is 1. The Morgan fingerprint density at radius 3 is 2.71 bits per heavy atom. The minimum absolute atomic E-state index is 0.155. The van der Waals surface area contributed by atoms with Crippen molar-refractivity contribution in [3.8, 4) is 6.07 Å². The summed E-state index contributed by atoms with van der Waals surface area (Å²) in [5, 5.41) is 12.9. The Morgan fingerprint density at radius 1 is 1.29 bits per heavy atom. The molecule has 0 saturated carbocycles. The van der Waals surface area contributed by atoms with Crippen LogP contribution in [-0.2, 0) is 11.3 Å². The van der Waals surface area contributed by atoms with Crippen LogP contribution in [0.2, 0.25) is 10.0 Å². The molecule has 0 aliphatic rings. The standard InChI is InChI=1S/C18H17Cl2N3O/c1-12(18(24)22-16-5-3-4-13(8-16)10-21)23(2)11-14-6-7-15(19)9-17(14)20/h3-9,12H,11H2,1-2H3,(H,22,24)/t12-/m1/s1. The van der Waals surface area contributed by atoms with Crippen molar-refractivity contribution >= 4 is 34.8 Å². The highest BCUT2D eigenvalue weighted by Crippen LogP contribution is 2.22. The fourth-order valence-electron chi connectivity index (χ4n) is 2.17. The van der Waals surface area contributed by atoms with E-state index in [1.54, 1.807) is 36.4 Å². The number of nitrogens with zero attached hydrogens (tertiary/aromatic N) is 2. The maximum atomic E-state index is 12.4. The smallest absolute Gasteiger partial charge is 0.241 e. The number of anilines is 1. The van der Waals surface area contributed by atoms with Gasteiger partial charge in [-0.15, -0.1) is 0 Å². The van der Waals surface area contributed by atoms with Crippen LogP contribution in [0.5, 0.6) is 0 Å². The summed E-state index contributed by atoms with van der Waals surface area (Å²) in [7, 11) is 1.85. The third-order valence-corrected chi connectivity index (χ3v) is 4.32. The Kier molecular flexibility index (Phi) is 6.22. The first-order valence-corrected chi connectivity index (χ1v) is 8.11. The minimum atomic E-state index is -0.373. The lowest BCUT2D eigenvalue weighted by Gasteiger charge is -2.24. The molecule has 0 unspecified atom stereocenters. The van der Waals surface area contributed by atoms with Gasteiger partial charge in [0, 0.05) is 22.3 Å². The van der Waals surface area contributed by atoms with E-state index >= 15 is 0 Å². The Balaban J connectivity index is 2.02. The summed E-state index contributed by atoms with van der Waals surface area (Å²) in [5.74, 6) is -0.155. The van der Waals surface area contributed by atoms with E-state index < -0.39 is 0 Å². The van der Waals surface area contributed by atoms with E-state index in [0.29, 0.717) is 27.8 Å². The maximum absolute atomic E-state index is 12.4. The molecule has 2 aromatic carbocycles. The van der Waals surface area contributed by atoms with Crippen molar-refractivity contribution in [1.29, 1.82) is 5.26 Å². The van der Waals surface area contributed by atoms with Crippen LogP contribution < -0.4 is 5.32 Å². The van der Waals surface area contributed by atoms with Gasteiger partial charge in [-0.25, -0.2) is 0 Å². The van der Waals surface area contributed by atoms with Gasteiger partial charge in [-0.2, -0.15) is 5.26 Å². The zero-order valence-corrected chi connectivity index (χ0v) is 14.9. The van der Waals surface area contributed by atoms with Gasteiger partial charge in [-0.05, 0) is 49.9 Å². The van der Waals surface area contributed by atoms with Gasteiger partial charge in [0.1, 0.15) is 0 Å². The summed E-state index contributed by atoms with van der Waals surface area (Å²) < 4.78 is 0. The molecule has 4 nitrogen and oxygen atoms in total. The third kappa shape index (κ3) is 4.72. The number of rotatable bonds is 5. The van der Waals surface area contributed by atoms with E-state index in [-0.39, 0.29) is 11.9 Å². The van der Waals surface area contributed by atoms with E-state index in [9.17, 15) is 4.79 Å². The van der Waals surface area contributed by atoms with Crippen molar-refractivity contribution < 1.29 is 4.79 Å². The molecular formula is C18H17Cl2N3O. The number of carbonyl (C=O) groups excluding carboxylic acids is 1. The van der Waals surface area contributed by atoms with Gasteiger partial charge in [0.2, 0.25) is 5.91 Å². The van der Waals surface area contributed by atoms with Gasteiger partial charge in [0.15, 0.2) is 0 Å². The molecule has 2 rings (SSSR count). The van der Waals surface area contributed by atoms with E-state index in [4.69, 9.17) is 28.5 Å². The molecule has 0 saturated heterocycles. The SMILES string of the molecule is C[C@H](C(=O)Nc1cccc(C#N)c1)N(C)Cc1ccc(Cl)cc1Cl. The number of benzene rings is 2. The van der Waals surface area contributed by atoms with E-state index in [2.05, 4.69) is 5.32 Å². The molecule has 1 atom stereocenters. The molecule has 2 aromatic rings. The van der Waals surface area contributed by atoms with Crippen molar-refractivity contribution in [2.24, 2.45) is 0 Å². The molecule has 0 aliphatic heterocycles. The molecule has 0 heterocycles. The molecule has 0 fully saturated rings. The summed E-state index contributed by atoms with van der Waals surface area (Å²) >= 11 is 12.1. The molecular weight excluding hydrogens is 345 g/mol. The largest absolute Gasteiger partial charge is 0.325 e. The number of hydrogen-bond acceptors (Lipinski definition) is 3. The van der Waals surface area contributed by atoms with Crippen LogP contribution >= 0.6 is 23.2 Å². The highest BCUT2D eigenvalue weighted by atomic mass is 35.5. The topological polar surface area (TPSA) is 56.1 Å². The number of halogens is 2. The van der Waals surface area contributed by atoms with Crippen molar-refractivity contribution in [1.82, 2.24) is 4.90 Å². The molecule has 0 aromatic heterocycles. The molecule has 0 spiro atoms. The molecule has 0 bridgehead atoms. The lowest BCUT2D eigenvalue weighted by molar-refractivity contribution is -0.120. The first-order chi connectivity index (χ1) is 11.4. The second kappa shape index (κ2) is 8.16. The number of amides is 1. The van der Waals surface area contributed by atoms with Gasteiger partial charge in [-0.1, -0.05) is 35.3 Å². The van der Waals surface area contributed by atoms with Gasteiger partial charge in [0.25, 0.3) is 0 Å². The second-order valence-electron chi connectivity index (χ2n) is 5.51. The molecule has 0 aliphatic carbocycles. The lowest BCUT2D eigenvalue weighted by Crippen LogP contribution is -2.39. The molecule has 124 valence electrons. The third-order valence-electron chi connectivity index (χ3n) is 3.73. The average Bonchev–Trinajstić information content (AvgIpc) is 2.56. The summed E-state index contributed by atoms with van der Waals surface area (Å²) in [5.41, 5.74) is 2.00. The first kappa shape index (κ1) is 18.3. The van der Waals surface area contributed by atoms with Crippen LogP contribution in [-0.4, -0.2) is 23.9 Å². The van der Waals surface area contributed by atoms with Crippen molar-refractivity contribution in [3.63, 3.8) is 0 Å². The predicted octanol–water partition coefficient (Wildman–Crippen LogP) is 4.32. The van der Waals surface area contributed by atoms with Crippen LogP contribution in [0.15, 0.2) is 42.5 Å². The Labute approximate surface area is 151 Å². The minimum Gasteiger partial charge on any atom is -0.325 e. The van der Waals surface area contributed by atoms with E-state index in [1.165, 1.54) is 0 Å². The summed E-state index contributed by atoms with van der Waals surface area (Å²) in [4.78, 5) is 14.3. The quantitative estimate of drug-likeness (QED) is 0.862. The Bertz CT molecular complexity index is 786. The highest BCUT2D eigenvalue weighted by molar-refractivity contribution is 6.35. The van der Waals surface area contributed by atoms with Crippen LogP contribution in [0.1, 0.15) is 18.1 Å². The van der Waals surface area contributed by atoms with Gasteiger partial charge in [0.05, 0.1) is 17.7 Å². The number of likely N-dealkylation sites (N-methyl/N-ethyl adjacent to an activating group) is 1. The van der Waals surface area contributed by atoms with Crippen molar-refractivity contribution in [2.75, 3.05) is 12.4 Å². The number of nitrogens with one attached hydrogen (secondary N) is 1. The van der Waals surface area contributed by atoms with Gasteiger partial charge >= 0.3 is 0 Å². The van der Waals surface area contributed by atoms with Crippen LogP contribution in [0, 0.1) is 11.3 Å². The lowest BCUT2D eigenvalue weighted by atomic mass is 10.1. The Hall–Kier alpha value is -2.06. The highest BCUT2D eigenvalue weighted by Gasteiger charge is 2.19. The fraction of sp³-hybridized carbons (Fsp3) is 0.222. The second-order valence-corrected chi connectivity index (χ2v) is 6.35. The molecule has 24 heavy (non-hydrogen) atoms. The zero-order valence-electron chi connectivity index (χ0n) is 13.4. The van der Waals surface area contributed by atoms with Gasteiger partial charge in [-0.3, -0.25) is 9.69 Å². The number of hydrogen-bond donors (Lipinski definition) is 1. The van der Waals surface area contributed by atoms with Crippen LogP contribution in [0.4, 0.5) is 5.69 Å². The summed E-state index contributed by atoms with van der Waals surface area (Å²) in [6.07, 6.45) is 0. The molecule has 1 amide bonds. The first-order valence-electron chi connectivity index (χ1n) is 7.36. The van der Waals surface area contributed by atoms with Crippen LogP contribution in [0.25, 0.3) is 0 Å². The Morgan fingerprint density at radius 2 is 2.04 bits per heavy atom. The van der Waals surface area contributed by atoms with E-state index in [0.717, 1.165) is 5.56 Å².